The second-order valence-electron chi connectivity index (χ2n) is 8.43. The molecule has 5 nitrogen and oxygen atoms in total. The van der Waals surface area contributed by atoms with Crippen molar-refractivity contribution in [3.05, 3.63) is 108 Å². The third kappa shape index (κ3) is 4.02. The number of anilines is 1. The molecule has 0 radical (unpaired) electrons. The standard InChI is InChI=1S/C28H23N3O2S/c32-25-14-19-8-4-5-9-22(19)27(25)31-28-30-24-11-10-21(15-26(24)34-28)33-17-20-12-13-29-16-23(20)18-6-2-1-3-7-18/h1-13,15-16,25,27,32H,14,17H2,(H,30,31)/t25-,27?/m0/s1. The number of aliphatic hydroxyl groups is 1. The van der Waals surface area contributed by atoms with Crippen LogP contribution in [0.3, 0.4) is 0 Å². The first-order valence-corrected chi connectivity index (χ1v) is 12.1. The number of fused-ring (bicyclic) bond motifs is 2. The topological polar surface area (TPSA) is 67.3 Å². The molecular weight excluding hydrogens is 442 g/mol. The molecule has 3 aromatic carbocycles. The van der Waals surface area contributed by atoms with Crippen LogP contribution in [-0.4, -0.2) is 21.2 Å². The first-order valence-electron chi connectivity index (χ1n) is 11.3. The average molecular weight is 466 g/mol. The van der Waals surface area contributed by atoms with Crippen LogP contribution in [0.1, 0.15) is 22.7 Å². The summed E-state index contributed by atoms with van der Waals surface area (Å²) < 4.78 is 7.20. The van der Waals surface area contributed by atoms with Crippen LogP contribution in [0.25, 0.3) is 21.3 Å². The van der Waals surface area contributed by atoms with E-state index in [0.29, 0.717) is 13.0 Å². The highest BCUT2D eigenvalue weighted by Gasteiger charge is 2.31. The van der Waals surface area contributed by atoms with Crippen LogP contribution in [-0.2, 0) is 13.0 Å². The van der Waals surface area contributed by atoms with Crippen molar-refractivity contribution < 1.29 is 9.84 Å². The van der Waals surface area contributed by atoms with Gasteiger partial charge < -0.3 is 15.2 Å². The van der Waals surface area contributed by atoms with Crippen LogP contribution in [0, 0.1) is 0 Å². The highest BCUT2D eigenvalue weighted by molar-refractivity contribution is 7.22. The van der Waals surface area contributed by atoms with Gasteiger partial charge in [-0.25, -0.2) is 4.98 Å². The maximum absolute atomic E-state index is 10.6. The fourth-order valence-corrected chi connectivity index (χ4v) is 5.46. The summed E-state index contributed by atoms with van der Waals surface area (Å²) in [7, 11) is 0. The van der Waals surface area contributed by atoms with Crippen molar-refractivity contribution in [1.29, 1.82) is 0 Å². The van der Waals surface area contributed by atoms with Crippen LogP contribution in [0.2, 0.25) is 0 Å². The molecule has 0 bridgehead atoms. The lowest BCUT2D eigenvalue weighted by Gasteiger charge is -2.16. The number of hydrogen-bond donors (Lipinski definition) is 2. The predicted molar refractivity (Wildman–Crippen MR) is 136 cm³/mol. The molecule has 6 heteroatoms. The van der Waals surface area contributed by atoms with E-state index in [1.54, 1.807) is 17.5 Å². The van der Waals surface area contributed by atoms with Gasteiger partial charge in [0.15, 0.2) is 5.13 Å². The summed E-state index contributed by atoms with van der Waals surface area (Å²) in [5.41, 5.74) is 6.53. The SMILES string of the molecule is O[C@H]1Cc2ccccc2C1Nc1nc2ccc(OCc3ccncc3-c3ccccc3)cc2s1. The van der Waals surface area contributed by atoms with Crippen molar-refractivity contribution in [1.82, 2.24) is 9.97 Å². The molecule has 2 N–H and O–H groups in total. The van der Waals surface area contributed by atoms with E-state index in [-0.39, 0.29) is 6.04 Å². The Hall–Kier alpha value is -3.74. The molecule has 1 aliphatic rings. The number of rotatable bonds is 6. The molecule has 0 amide bonds. The number of pyridine rings is 1. The van der Waals surface area contributed by atoms with E-state index in [1.165, 1.54) is 5.56 Å². The zero-order valence-electron chi connectivity index (χ0n) is 18.4. The summed E-state index contributed by atoms with van der Waals surface area (Å²) in [5, 5.41) is 14.8. The number of hydrogen-bond acceptors (Lipinski definition) is 6. The molecule has 0 saturated carbocycles. The number of ether oxygens (including phenoxy) is 1. The maximum Gasteiger partial charge on any atom is 0.184 e. The van der Waals surface area contributed by atoms with Gasteiger partial charge in [-0.05, 0) is 41.0 Å². The smallest absolute Gasteiger partial charge is 0.184 e. The Labute approximate surface area is 201 Å². The maximum atomic E-state index is 10.6. The summed E-state index contributed by atoms with van der Waals surface area (Å²) >= 11 is 1.57. The molecule has 0 spiro atoms. The number of aromatic nitrogens is 2. The van der Waals surface area contributed by atoms with E-state index in [4.69, 9.17) is 9.72 Å². The Bertz CT molecular complexity index is 1450. The lowest BCUT2D eigenvalue weighted by molar-refractivity contribution is 0.166. The van der Waals surface area contributed by atoms with Gasteiger partial charge in [0, 0.05) is 29.9 Å². The molecule has 2 atom stereocenters. The Morgan fingerprint density at radius 1 is 1.00 bits per heavy atom. The fraction of sp³-hybridized carbons (Fsp3) is 0.143. The molecule has 6 rings (SSSR count). The molecule has 168 valence electrons. The van der Waals surface area contributed by atoms with Crippen LogP contribution in [0.15, 0.2) is 91.3 Å². The molecular formula is C28H23N3O2S. The molecule has 1 unspecified atom stereocenters. The summed E-state index contributed by atoms with van der Waals surface area (Å²) in [5.74, 6) is 0.796. The van der Waals surface area contributed by atoms with Crippen molar-refractivity contribution >= 4 is 26.7 Å². The van der Waals surface area contributed by atoms with Crippen molar-refractivity contribution in [2.45, 2.75) is 25.2 Å². The molecule has 0 saturated heterocycles. The zero-order chi connectivity index (χ0) is 22.9. The van der Waals surface area contributed by atoms with Gasteiger partial charge in [-0.15, -0.1) is 0 Å². The Morgan fingerprint density at radius 2 is 1.85 bits per heavy atom. The van der Waals surface area contributed by atoms with Crippen LogP contribution < -0.4 is 10.1 Å². The van der Waals surface area contributed by atoms with Crippen molar-refractivity contribution in [2.24, 2.45) is 0 Å². The zero-order valence-corrected chi connectivity index (χ0v) is 19.2. The van der Waals surface area contributed by atoms with E-state index in [1.807, 2.05) is 60.8 Å². The Balaban J connectivity index is 1.20. The first kappa shape index (κ1) is 20.8. The van der Waals surface area contributed by atoms with Gasteiger partial charge in [0.2, 0.25) is 0 Å². The normalized spacial score (nSPS) is 17.0. The summed E-state index contributed by atoms with van der Waals surface area (Å²) in [4.78, 5) is 9.02. The number of nitrogens with one attached hydrogen (secondary N) is 1. The predicted octanol–water partition coefficient (Wildman–Crippen LogP) is 6.01. The van der Waals surface area contributed by atoms with Crippen LogP contribution in [0.4, 0.5) is 5.13 Å². The van der Waals surface area contributed by atoms with Crippen molar-refractivity contribution in [3.63, 3.8) is 0 Å². The second kappa shape index (κ2) is 8.89. The lowest BCUT2D eigenvalue weighted by Crippen LogP contribution is -2.20. The van der Waals surface area contributed by atoms with Crippen molar-refractivity contribution in [2.75, 3.05) is 5.32 Å². The summed E-state index contributed by atoms with van der Waals surface area (Å²) in [6.07, 6.45) is 3.89. The molecule has 2 heterocycles. The second-order valence-corrected chi connectivity index (χ2v) is 9.46. The van der Waals surface area contributed by atoms with Gasteiger partial charge in [-0.2, -0.15) is 0 Å². The number of benzene rings is 3. The van der Waals surface area contributed by atoms with Gasteiger partial charge >= 0.3 is 0 Å². The molecule has 34 heavy (non-hydrogen) atoms. The number of nitrogens with zero attached hydrogens (tertiary/aromatic N) is 2. The molecule has 0 fully saturated rings. The highest BCUT2D eigenvalue weighted by atomic mass is 32.1. The van der Waals surface area contributed by atoms with Crippen LogP contribution in [0.5, 0.6) is 5.75 Å². The molecule has 0 aliphatic heterocycles. The quantitative estimate of drug-likeness (QED) is 0.322. The third-order valence-corrected chi connectivity index (χ3v) is 7.18. The Kier molecular flexibility index (Phi) is 5.45. The largest absolute Gasteiger partial charge is 0.489 e. The van der Waals surface area contributed by atoms with Crippen molar-refractivity contribution in [3.8, 4) is 16.9 Å². The molecule has 2 aromatic heterocycles. The Morgan fingerprint density at radius 3 is 2.76 bits per heavy atom. The monoisotopic (exact) mass is 465 g/mol. The minimum atomic E-state index is -0.456. The summed E-state index contributed by atoms with van der Waals surface area (Å²) in [6.45, 7) is 0.452. The molecule has 1 aliphatic carbocycles. The third-order valence-electron chi connectivity index (χ3n) is 6.23. The number of thiazole rings is 1. The summed E-state index contributed by atoms with van der Waals surface area (Å²) in [6, 6.07) is 26.2. The van der Waals surface area contributed by atoms with E-state index < -0.39 is 6.10 Å². The van der Waals surface area contributed by atoms with Gasteiger partial charge in [0.25, 0.3) is 0 Å². The lowest BCUT2D eigenvalue weighted by atomic mass is 10.0. The van der Waals surface area contributed by atoms with E-state index in [0.717, 1.165) is 43.4 Å². The minimum absolute atomic E-state index is 0.143. The molecule has 5 aromatic rings. The fourth-order valence-electron chi connectivity index (χ4n) is 4.53. The van der Waals surface area contributed by atoms with E-state index in [9.17, 15) is 5.11 Å². The highest BCUT2D eigenvalue weighted by Crippen LogP contribution is 2.37. The average Bonchev–Trinajstić information content (AvgIpc) is 3.43. The van der Waals surface area contributed by atoms with Crippen LogP contribution >= 0.6 is 11.3 Å². The van der Waals surface area contributed by atoms with Gasteiger partial charge in [0.05, 0.1) is 22.4 Å². The van der Waals surface area contributed by atoms with E-state index in [2.05, 4.69) is 34.6 Å². The van der Waals surface area contributed by atoms with Gasteiger partial charge in [-0.1, -0.05) is 65.9 Å². The van der Waals surface area contributed by atoms with Gasteiger partial charge in [0.1, 0.15) is 12.4 Å². The first-order chi connectivity index (χ1) is 16.7. The number of aliphatic hydroxyl groups excluding tert-OH is 1. The van der Waals surface area contributed by atoms with E-state index >= 15 is 0 Å². The minimum Gasteiger partial charge on any atom is -0.489 e. The van der Waals surface area contributed by atoms with Gasteiger partial charge in [-0.3, -0.25) is 4.98 Å².